The summed E-state index contributed by atoms with van der Waals surface area (Å²) in [6, 6.07) is 13.7. The smallest absolute Gasteiger partial charge is 0.508 e. The average molecular weight is 509 g/mol. The largest absolute Gasteiger partial charge is 0.573 e. The highest BCUT2D eigenvalue weighted by Crippen LogP contribution is 2.29. The van der Waals surface area contributed by atoms with E-state index < -0.39 is 6.36 Å². The van der Waals surface area contributed by atoms with Crippen molar-refractivity contribution in [2.45, 2.75) is 6.36 Å². The third-order valence-corrected chi connectivity index (χ3v) is 5.91. The number of rotatable bonds is 5. The number of aromatic hydroxyl groups is 1. The predicted octanol–water partition coefficient (Wildman–Crippen LogP) is 4.44. The van der Waals surface area contributed by atoms with E-state index in [2.05, 4.69) is 25.2 Å². The maximum absolute atomic E-state index is 13.6. The molecule has 0 radical (unpaired) electrons. The number of ether oxygens (including phenoxy) is 1. The number of halogens is 3. The minimum atomic E-state index is -4.76. The van der Waals surface area contributed by atoms with Gasteiger partial charge in [0.1, 0.15) is 11.5 Å². The Labute approximate surface area is 209 Å². The fourth-order valence-corrected chi connectivity index (χ4v) is 4.11. The molecule has 3 N–H and O–H groups in total. The lowest BCUT2D eigenvalue weighted by Crippen LogP contribution is -2.46. The number of benzene rings is 2. The first-order chi connectivity index (χ1) is 17.8. The summed E-state index contributed by atoms with van der Waals surface area (Å²) in [7, 11) is 0. The van der Waals surface area contributed by atoms with Gasteiger partial charge in [-0.3, -0.25) is 9.89 Å². The van der Waals surface area contributed by atoms with Crippen LogP contribution in [0.25, 0.3) is 34.4 Å². The third kappa shape index (κ3) is 5.56. The van der Waals surface area contributed by atoms with Crippen LogP contribution in [0, 0.1) is 0 Å². The molecule has 0 spiro atoms. The minimum Gasteiger partial charge on any atom is -0.508 e. The quantitative estimate of drug-likeness (QED) is 0.368. The van der Waals surface area contributed by atoms with Crippen molar-refractivity contribution in [3.05, 3.63) is 71.4 Å². The average Bonchev–Trinajstić information content (AvgIpc) is 3.30. The van der Waals surface area contributed by atoms with Gasteiger partial charge in [0.15, 0.2) is 5.65 Å². The molecule has 0 saturated carbocycles. The summed E-state index contributed by atoms with van der Waals surface area (Å²) in [6.07, 6.45) is -1.37. The molecule has 2 aromatic carbocycles. The third-order valence-electron chi connectivity index (χ3n) is 5.91. The lowest BCUT2D eigenvalue weighted by molar-refractivity contribution is -0.274. The van der Waals surface area contributed by atoms with Crippen LogP contribution in [0.4, 0.5) is 13.2 Å². The molecule has 190 valence electrons. The Kier molecular flexibility index (Phi) is 6.53. The Bertz CT molecular complexity index is 1440. The van der Waals surface area contributed by atoms with Gasteiger partial charge in [-0.2, -0.15) is 5.10 Å². The first-order valence-electron chi connectivity index (χ1n) is 11.5. The van der Waals surface area contributed by atoms with Crippen LogP contribution in [-0.4, -0.2) is 63.6 Å². The Balaban J connectivity index is 1.52. The number of carbonyl (C=O) groups excluding carboxylic acids is 1. The van der Waals surface area contributed by atoms with Crippen LogP contribution in [0.5, 0.6) is 11.5 Å². The van der Waals surface area contributed by atoms with Crippen molar-refractivity contribution in [3.8, 4) is 22.8 Å². The van der Waals surface area contributed by atoms with Gasteiger partial charge in [0.25, 0.3) is 5.91 Å². The second-order valence-electron chi connectivity index (χ2n) is 8.43. The molecule has 5 rings (SSSR count). The zero-order valence-electron chi connectivity index (χ0n) is 19.4. The van der Waals surface area contributed by atoms with E-state index in [1.54, 1.807) is 47.4 Å². The van der Waals surface area contributed by atoms with Crippen molar-refractivity contribution in [3.63, 3.8) is 0 Å². The Morgan fingerprint density at radius 2 is 1.73 bits per heavy atom. The molecule has 0 atom stereocenters. The molecular formula is C26H22F3N5O3. The highest BCUT2D eigenvalue weighted by atomic mass is 19.4. The molecule has 1 amide bonds. The number of aromatic amines is 1. The van der Waals surface area contributed by atoms with Gasteiger partial charge in [-0.1, -0.05) is 18.2 Å². The lowest BCUT2D eigenvalue weighted by Gasteiger charge is -2.27. The van der Waals surface area contributed by atoms with E-state index in [4.69, 9.17) is 0 Å². The maximum atomic E-state index is 13.6. The molecule has 37 heavy (non-hydrogen) atoms. The van der Waals surface area contributed by atoms with Crippen LogP contribution >= 0.6 is 0 Å². The second-order valence-corrected chi connectivity index (χ2v) is 8.43. The lowest BCUT2D eigenvalue weighted by atomic mass is 10.0. The van der Waals surface area contributed by atoms with Gasteiger partial charge < -0.3 is 20.1 Å². The number of fused-ring (bicyclic) bond motifs is 1. The van der Waals surface area contributed by atoms with E-state index in [1.165, 1.54) is 24.3 Å². The van der Waals surface area contributed by atoms with Gasteiger partial charge in [-0.25, -0.2) is 4.98 Å². The first-order valence-corrected chi connectivity index (χ1v) is 11.5. The van der Waals surface area contributed by atoms with Crippen molar-refractivity contribution >= 4 is 29.1 Å². The van der Waals surface area contributed by atoms with E-state index in [-0.39, 0.29) is 17.4 Å². The summed E-state index contributed by atoms with van der Waals surface area (Å²) in [6.45, 7) is 2.51. The predicted molar refractivity (Wildman–Crippen MR) is 132 cm³/mol. The number of amides is 1. The molecule has 0 aliphatic carbocycles. The number of phenolic OH excluding ortho intramolecular Hbond substituents is 1. The molecule has 4 aromatic rings. The molecule has 1 fully saturated rings. The number of aromatic nitrogens is 3. The zero-order chi connectivity index (χ0) is 26.0. The van der Waals surface area contributed by atoms with Crippen molar-refractivity contribution in [2.24, 2.45) is 0 Å². The van der Waals surface area contributed by atoms with Crippen molar-refractivity contribution < 1.29 is 27.8 Å². The highest BCUT2D eigenvalue weighted by Gasteiger charge is 2.31. The topological polar surface area (TPSA) is 103 Å². The second kappa shape index (κ2) is 9.94. The van der Waals surface area contributed by atoms with E-state index in [0.29, 0.717) is 59.7 Å². The van der Waals surface area contributed by atoms with Crippen LogP contribution in [-0.2, 0) is 0 Å². The molecular weight excluding hydrogens is 487 g/mol. The summed E-state index contributed by atoms with van der Waals surface area (Å²) in [5, 5.41) is 20.6. The van der Waals surface area contributed by atoms with E-state index >= 15 is 0 Å². The number of carbonyl (C=O) groups is 1. The SMILES string of the molecule is O=C(c1cc(-c2ccc(O)cc2)nc2n[nH]c(/C=C/c3ccc(OC(F)(F)F)cc3)c12)N1CCNCC1. The van der Waals surface area contributed by atoms with Gasteiger partial charge >= 0.3 is 6.36 Å². The van der Waals surface area contributed by atoms with Gasteiger partial charge in [-0.15, -0.1) is 13.2 Å². The molecule has 1 saturated heterocycles. The first kappa shape index (κ1) is 24.3. The number of piperazine rings is 1. The number of pyridine rings is 1. The van der Waals surface area contributed by atoms with Crippen LogP contribution < -0.4 is 10.1 Å². The number of alkyl halides is 3. The van der Waals surface area contributed by atoms with Crippen molar-refractivity contribution in [1.82, 2.24) is 25.4 Å². The Morgan fingerprint density at radius 3 is 2.41 bits per heavy atom. The fraction of sp³-hybridized carbons (Fsp3) is 0.192. The molecule has 11 heteroatoms. The summed E-state index contributed by atoms with van der Waals surface area (Å²) in [5.41, 5.74) is 3.19. The van der Waals surface area contributed by atoms with E-state index in [0.717, 1.165) is 5.56 Å². The summed E-state index contributed by atoms with van der Waals surface area (Å²) < 4.78 is 41.2. The number of nitrogens with zero attached hydrogens (tertiary/aromatic N) is 3. The molecule has 0 unspecified atom stereocenters. The highest BCUT2D eigenvalue weighted by molar-refractivity contribution is 6.09. The van der Waals surface area contributed by atoms with Crippen molar-refractivity contribution in [2.75, 3.05) is 26.2 Å². The van der Waals surface area contributed by atoms with Gasteiger partial charge in [0.05, 0.1) is 22.3 Å². The number of hydrogen-bond donors (Lipinski definition) is 3. The zero-order valence-corrected chi connectivity index (χ0v) is 19.4. The number of nitrogens with one attached hydrogen (secondary N) is 2. The minimum absolute atomic E-state index is 0.118. The van der Waals surface area contributed by atoms with Crippen LogP contribution in [0.3, 0.4) is 0 Å². The molecule has 3 heterocycles. The number of phenols is 1. The maximum Gasteiger partial charge on any atom is 0.573 e. The van der Waals surface area contributed by atoms with Crippen LogP contribution in [0.15, 0.2) is 54.6 Å². The fourth-order valence-electron chi connectivity index (χ4n) is 4.11. The Morgan fingerprint density at radius 1 is 1.03 bits per heavy atom. The summed E-state index contributed by atoms with van der Waals surface area (Å²) >= 11 is 0. The molecule has 0 bridgehead atoms. The van der Waals surface area contributed by atoms with Crippen LogP contribution in [0.1, 0.15) is 21.6 Å². The van der Waals surface area contributed by atoms with Crippen LogP contribution in [0.2, 0.25) is 0 Å². The number of H-pyrrole nitrogens is 1. The Hall–Kier alpha value is -4.38. The molecule has 2 aromatic heterocycles. The van der Waals surface area contributed by atoms with E-state index in [1.807, 2.05) is 0 Å². The normalized spacial score (nSPS) is 14.4. The van der Waals surface area contributed by atoms with Gasteiger partial charge in [0.2, 0.25) is 0 Å². The van der Waals surface area contributed by atoms with Crippen molar-refractivity contribution in [1.29, 1.82) is 0 Å². The monoisotopic (exact) mass is 509 g/mol. The summed E-state index contributed by atoms with van der Waals surface area (Å²) in [4.78, 5) is 20.0. The van der Waals surface area contributed by atoms with Gasteiger partial charge in [0, 0.05) is 31.7 Å². The molecule has 1 aliphatic rings. The standard InChI is InChI=1S/C26H22F3N5O3/c27-26(28,29)37-19-8-1-16(2-9-19)3-10-21-23-20(25(36)34-13-11-30-12-14-34)15-22(31-24(23)33-32-21)17-4-6-18(35)7-5-17/h1-10,15,30,35H,11-14H2,(H,31,32,33)/b10-3+. The molecule has 1 aliphatic heterocycles. The van der Waals surface area contributed by atoms with Gasteiger partial charge in [-0.05, 0) is 54.1 Å². The van der Waals surface area contributed by atoms with E-state index in [9.17, 15) is 23.1 Å². The molecule has 8 nitrogen and oxygen atoms in total. The number of hydrogen-bond acceptors (Lipinski definition) is 6. The summed E-state index contributed by atoms with van der Waals surface area (Å²) in [5.74, 6) is -0.350.